The zero-order valence-electron chi connectivity index (χ0n) is 67.6. The monoisotopic (exact) mass is 1790 g/mol. The van der Waals surface area contributed by atoms with Crippen molar-refractivity contribution in [1.29, 1.82) is 0 Å². The number of methoxy groups -OCH3 is 4. The molecule has 8 aromatic heterocycles. The number of aliphatic carboxylic acids is 1. The lowest BCUT2D eigenvalue weighted by Gasteiger charge is -2.24. The third-order valence-electron chi connectivity index (χ3n) is 20.6. The summed E-state index contributed by atoms with van der Waals surface area (Å²) in [6.07, 6.45) is 6.26. The number of furan rings is 4. The summed E-state index contributed by atoms with van der Waals surface area (Å²) in [5.74, 6) is -5.50. The third-order valence-corrected chi connectivity index (χ3v) is 23.7. The number of anilines is 4. The van der Waals surface area contributed by atoms with Gasteiger partial charge in [-0.25, -0.2) is 19.9 Å². The second-order valence-electron chi connectivity index (χ2n) is 28.1. The zero-order valence-corrected chi connectivity index (χ0v) is 70.9. The first-order valence-corrected chi connectivity index (χ1v) is 42.1. The molecule has 0 bridgehead atoms. The van der Waals surface area contributed by atoms with E-state index in [1.165, 1.54) is 64.9 Å². The van der Waals surface area contributed by atoms with E-state index in [0.29, 0.717) is 88.1 Å². The lowest BCUT2D eigenvalue weighted by molar-refractivity contribution is -0.134. The van der Waals surface area contributed by atoms with E-state index in [-0.39, 0.29) is 45.3 Å². The quantitative estimate of drug-likeness (QED) is 0.0442. The average molecular weight is 1790 g/mol. The Morgan fingerprint density at radius 1 is 0.312 bits per heavy atom. The summed E-state index contributed by atoms with van der Waals surface area (Å²) < 4.78 is 43.7. The van der Waals surface area contributed by atoms with Crippen LogP contribution >= 0.6 is 45.3 Å². The zero-order chi connectivity index (χ0) is 89.7. The Bertz CT molecular complexity index is 6110. The van der Waals surface area contributed by atoms with Crippen molar-refractivity contribution in [3.8, 4) is 23.0 Å². The highest BCUT2D eigenvalue weighted by atomic mass is 32.1. The van der Waals surface area contributed by atoms with Crippen LogP contribution in [0.1, 0.15) is 95.6 Å². The van der Waals surface area contributed by atoms with Crippen LogP contribution in [0.15, 0.2) is 328 Å². The minimum absolute atomic E-state index is 0.0510. The normalized spacial score (nSPS) is 16.0. The van der Waals surface area contributed by atoms with E-state index in [1.807, 2.05) is 48.5 Å². The predicted octanol–water partition coefficient (Wildman–Crippen LogP) is 18.8. The van der Waals surface area contributed by atoms with Gasteiger partial charge in [-0.1, -0.05) is 121 Å². The largest absolute Gasteiger partial charge is 0.503 e. The van der Waals surface area contributed by atoms with Gasteiger partial charge < -0.3 is 62.1 Å². The molecule has 0 radical (unpaired) electrons. The summed E-state index contributed by atoms with van der Waals surface area (Å²) in [4.78, 5) is 137. The number of amides is 4. The number of ether oxygens (including phenoxy) is 4. The summed E-state index contributed by atoms with van der Waals surface area (Å²) in [6, 6.07) is 59.8. The summed E-state index contributed by atoms with van der Waals surface area (Å²) in [5.41, 5.74) is 4.52. The number of para-hydroxylation sites is 4. The molecule has 0 spiro atoms. The molecular formula is C94H68N8O22S4. The third kappa shape index (κ3) is 16.6. The number of aliphatic hydroxyl groups is 4. The number of aliphatic hydroxyl groups excluding tert-OH is 4. The van der Waals surface area contributed by atoms with E-state index in [1.54, 1.807) is 245 Å². The van der Waals surface area contributed by atoms with E-state index in [9.17, 15) is 58.8 Å². The Labute approximate surface area is 740 Å². The number of hydrogen-bond donors (Lipinski definition) is 5. The maximum Gasteiger partial charge on any atom is 0.300 e. The Kier molecular flexibility index (Phi) is 24.5. The van der Waals surface area contributed by atoms with Gasteiger partial charge in [0.2, 0.25) is 23.1 Å². The molecular weight excluding hydrogens is 1720 g/mol. The Balaban J connectivity index is 0.000000123. The van der Waals surface area contributed by atoms with Gasteiger partial charge in [0.05, 0.1) is 74.9 Å². The standard InChI is InChI=1S/4C23H16N2O5S.C2H4O2/c4*1-29-15-8-6-13(7-9-15)19-18(21(27)22(28)25(19)23-24-10-11-31-23)20(26)17-12-14-4-2-3-5-16(14)30-17;1-2(3)4/h4*2-12,19,27H,1H3;1H3,(H,3,4). The van der Waals surface area contributed by atoms with Gasteiger partial charge >= 0.3 is 0 Å². The number of benzene rings is 8. The summed E-state index contributed by atoms with van der Waals surface area (Å²) in [7, 11) is 6.22. The molecule has 0 fully saturated rings. The number of thiazole rings is 4. The van der Waals surface area contributed by atoms with Gasteiger partial charge in [0, 0.05) is 74.8 Å². The first kappa shape index (κ1) is 85.4. The van der Waals surface area contributed by atoms with Gasteiger partial charge in [-0.05, 0) is 119 Å². The van der Waals surface area contributed by atoms with Crippen LogP contribution in [-0.2, 0) is 24.0 Å². The Morgan fingerprint density at radius 2 is 0.500 bits per heavy atom. The molecule has 640 valence electrons. The number of Topliss-reactive ketones (excluding diaryl/α,β-unsaturated/α-hetero) is 4. The molecule has 4 amide bonds. The van der Waals surface area contributed by atoms with Gasteiger partial charge in [-0.15, -0.1) is 45.3 Å². The molecule has 30 nitrogen and oxygen atoms in total. The first-order valence-electron chi connectivity index (χ1n) is 38.6. The van der Waals surface area contributed by atoms with Crippen molar-refractivity contribution in [3.63, 3.8) is 0 Å². The van der Waals surface area contributed by atoms with E-state index in [4.69, 9.17) is 46.5 Å². The fourth-order valence-electron chi connectivity index (χ4n) is 14.8. The topological polar surface area (TPSA) is 409 Å². The van der Waals surface area contributed by atoms with Crippen LogP contribution in [0.25, 0.3) is 43.9 Å². The summed E-state index contributed by atoms with van der Waals surface area (Å²) in [6.45, 7) is 1.08. The van der Waals surface area contributed by atoms with Crippen LogP contribution in [0.4, 0.5) is 20.5 Å². The molecule has 0 aliphatic carbocycles. The van der Waals surface area contributed by atoms with Crippen LogP contribution in [0.3, 0.4) is 0 Å². The number of carboxylic acids is 1. The molecule has 0 saturated carbocycles. The van der Waals surface area contributed by atoms with Gasteiger partial charge in [-0.2, -0.15) is 0 Å². The lowest BCUT2D eigenvalue weighted by atomic mass is 9.95. The summed E-state index contributed by atoms with van der Waals surface area (Å²) >= 11 is 4.97. The number of hydrogen-bond acceptors (Lipinski definition) is 29. The van der Waals surface area contributed by atoms with Crippen LogP contribution in [0, 0.1) is 0 Å². The van der Waals surface area contributed by atoms with Crippen LogP contribution in [0.2, 0.25) is 0 Å². The summed E-state index contributed by atoms with van der Waals surface area (Å²) in [5, 5.41) is 61.8. The lowest BCUT2D eigenvalue weighted by Crippen LogP contribution is -2.30. The van der Waals surface area contributed by atoms with E-state index in [0.717, 1.165) is 28.5 Å². The van der Waals surface area contributed by atoms with Crippen molar-refractivity contribution >= 4 is 162 Å². The molecule has 4 unspecified atom stereocenters. The molecule has 128 heavy (non-hydrogen) atoms. The minimum Gasteiger partial charge on any atom is -0.503 e. The van der Waals surface area contributed by atoms with Crippen LogP contribution in [-0.4, -0.2) is 127 Å². The fraction of sp³-hybridized carbons (Fsp3) is 0.0957. The molecule has 16 aromatic rings. The maximum atomic E-state index is 13.5. The predicted molar refractivity (Wildman–Crippen MR) is 475 cm³/mol. The minimum atomic E-state index is -0.856. The smallest absolute Gasteiger partial charge is 0.300 e. The van der Waals surface area contributed by atoms with Crippen molar-refractivity contribution in [1.82, 2.24) is 19.9 Å². The molecule has 12 heterocycles. The van der Waals surface area contributed by atoms with Crippen molar-refractivity contribution in [2.75, 3.05) is 48.0 Å². The number of rotatable bonds is 20. The number of nitrogens with zero attached hydrogens (tertiary/aromatic N) is 8. The second kappa shape index (κ2) is 36.7. The SMILES string of the molecule is CC(=O)O.COc1ccc(C2C(C(=O)c3cc4ccccc4o3)=C(O)C(=O)N2c2nccs2)cc1.COc1ccc(C2C(C(=O)c3cc4ccccc4o3)=C(O)C(=O)N2c2nccs2)cc1.COc1ccc(C2C(C(=O)c3cc4ccccc4o3)=C(O)C(=O)N2c2nccs2)cc1.COc1ccc(C2C(C(=O)c3cc4ccccc4o3)=C(O)C(=O)N2c2nccs2)cc1. The highest BCUT2D eigenvalue weighted by Gasteiger charge is 2.51. The van der Waals surface area contributed by atoms with E-state index >= 15 is 0 Å². The van der Waals surface area contributed by atoms with Gasteiger partial charge in [0.1, 0.15) is 45.3 Å². The van der Waals surface area contributed by atoms with Gasteiger partial charge in [0.25, 0.3) is 29.6 Å². The van der Waals surface area contributed by atoms with Crippen LogP contribution < -0.4 is 38.5 Å². The van der Waals surface area contributed by atoms with Gasteiger partial charge in [-0.3, -0.25) is 62.8 Å². The molecule has 4 aliphatic heterocycles. The number of carboxylic acid groups (broad SMARTS) is 1. The molecule has 4 atom stereocenters. The van der Waals surface area contributed by atoms with Crippen molar-refractivity contribution in [2.24, 2.45) is 0 Å². The fourth-order valence-corrected chi connectivity index (χ4v) is 17.5. The van der Waals surface area contributed by atoms with Crippen molar-refractivity contribution in [3.05, 3.63) is 355 Å². The number of ketones is 4. The highest BCUT2D eigenvalue weighted by molar-refractivity contribution is 7.14. The number of aromatic nitrogens is 4. The van der Waals surface area contributed by atoms with Gasteiger partial charge in [0.15, 0.2) is 66.6 Å². The maximum absolute atomic E-state index is 13.5. The molecule has 8 aromatic carbocycles. The first-order chi connectivity index (χ1) is 62.1. The number of carbonyl (C=O) groups excluding carboxylic acids is 8. The number of carbonyl (C=O) groups is 9. The Hall–Kier alpha value is -16.2. The average Bonchev–Trinajstić information content (AvgIpc) is 1.61. The van der Waals surface area contributed by atoms with Crippen molar-refractivity contribution < 1.29 is 105 Å². The molecule has 5 N–H and O–H groups in total. The second-order valence-corrected chi connectivity index (χ2v) is 31.6. The number of fused-ring (bicyclic) bond motifs is 4. The molecule has 4 aliphatic rings. The Morgan fingerprint density at radius 3 is 0.664 bits per heavy atom. The molecule has 0 saturated heterocycles. The molecule has 34 heteroatoms. The van der Waals surface area contributed by atoms with E-state index in [2.05, 4.69) is 19.9 Å². The highest BCUT2D eigenvalue weighted by Crippen LogP contribution is 2.49. The van der Waals surface area contributed by atoms with Crippen molar-refractivity contribution in [2.45, 2.75) is 31.1 Å². The molecule has 20 rings (SSSR count). The van der Waals surface area contributed by atoms with E-state index < -0.39 is 99.9 Å². The van der Waals surface area contributed by atoms with Crippen LogP contribution in [0.5, 0.6) is 23.0 Å².